The van der Waals surface area contributed by atoms with Crippen molar-refractivity contribution < 1.29 is 28.6 Å². The van der Waals surface area contributed by atoms with E-state index in [0.29, 0.717) is 36.8 Å². The topological polar surface area (TPSA) is 114 Å². The van der Waals surface area contributed by atoms with Gasteiger partial charge >= 0.3 is 0 Å². The Kier molecular flexibility index (Phi) is 11.5. The average Bonchev–Trinajstić information content (AvgIpc) is 3.60. The van der Waals surface area contributed by atoms with E-state index in [-0.39, 0.29) is 29.8 Å². The highest BCUT2D eigenvalue weighted by molar-refractivity contribution is 6.06. The summed E-state index contributed by atoms with van der Waals surface area (Å²) < 4.78 is 18.3. The number of methoxy groups -OCH3 is 1. The van der Waals surface area contributed by atoms with E-state index in [0.717, 1.165) is 79.7 Å². The van der Waals surface area contributed by atoms with Gasteiger partial charge in [0.1, 0.15) is 35.5 Å². The maximum atomic E-state index is 13.5. The van der Waals surface area contributed by atoms with Crippen LogP contribution >= 0.6 is 0 Å². The molecule has 11 nitrogen and oxygen atoms in total. The molecule has 0 spiro atoms. The Morgan fingerprint density at radius 2 is 1.52 bits per heavy atom. The zero-order valence-corrected chi connectivity index (χ0v) is 36.1. The number of amides is 3. The first kappa shape index (κ1) is 41.2. The normalized spacial score (nSPS) is 20.4. The Morgan fingerprint density at radius 1 is 0.758 bits per heavy atom. The van der Waals surface area contributed by atoms with Gasteiger partial charge < -0.3 is 24.0 Å². The minimum Gasteiger partial charge on any atom is -0.496 e. The van der Waals surface area contributed by atoms with Crippen molar-refractivity contribution in [1.82, 2.24) is 20.1 Å². The number of carbonyl (C=O) groups is 3. The van der Waals surface area contributed by atoms with E-state index >= 15 is 0 Å². The maximum absolute atomic E-state index is 13.5. The lowest BCUT2D eigenvalue weighted by molar-refractivity contribution is -0.136. The van der Waals surface area contributed by atoms with E-state index in [1.54, 1.807) is 12.0 Å². The van der Waals surface area contributed by atoms with Crippen molar-refractivity contribution in [3.05, 3.63) is 148 Å². The van der Waals surface area contributed by atoms with Crippen molar-refractivity contribution in [2.75, 3.05) is 38.2 Å². The average molecular weight is 834 g/mol. The number of ether oxygens (including phenoxy) is 3. The van der Waals surface area contributed by atoms with Gasteiger partial charge in [0.05, 0.1) is 24.1 Å². The molecule has 2 fully saturated rings. The van der Waals surface area contributed by atoms with Crippen LogP contribution in [0.3, 0.4) is 0 Å². The quantitative estimate of drug-likeness (QED) is 0.133. The molecule has 0 radical (unpaired) electrons. The van der Waals surface area contributed by atoms with Crippen molar-refractivity contribution in [1.29, 1.82) is 0 Å². The number of aromatic nitrogens is 1. The van der Waals surface area contributed by atoms with Crippen LogP contribution in [-0.2, 0) is 35.7 Å². The zero-order chi connectivity index (χ0) is 43.0. The molecule has 4 aromatic carbocycles. The van der Waals surface area contributed by atoms with E-state index in [4.69, 9.17) is 19.2 Å². The number of carbonyl (C=O) groups excluding carboxylic acids is 3. The van der Waals surface area contributed by atoms with Crippen LogP contribution in [-0.4, -0.2) is 77.4 Å². The number of pyridine rings is 1. The van der Waals surface area contributed by atoms with Gasteiger partial charge in [-0.2, -0.15) is 0 Å². The number of hydrogen-bond donors (Lipinski definition) is 1. The van der Waals surface area contributed by atoms with Crippen molar-refractivity contribution in [3.63, 3.8) is 0 Å². The number of nitrogens with one attached hydrogen (secondary N) is 1. The van der Waals surface area contributed by atoms with Gasteiger partial charge in [0.2, 0.25) is 11.8 Å². The molecular formula is C51H55N5O6. The summed E-state index contributed by atoms with van der Waals surface area (Å²) in [6, 6.07) is 35.6. The second kappa shape index (κ2) is 17.3. The van der Waals surface area contributed by atoms with Gasteiger partial charge in [-0.15, -0.1) is 0 Å². The summed E-state index contributed by atoms with van der Waals surface area (Å²) in [6.07, 6.45) is 2.62. The van der Waals surface area contributed by atoms with Crippen LogP contribution in [0.4, 0.5) is 5.69 Å². The first-order valence-corrected chi connectivity index (χ1v) is 21.9. The number of aryl methyl sites for hydroxylation is 1. The number of piperidine rings is 1. The molecule has 320 valence electrons. The summed E-state index contributed by atoms with van der Waals surface area (Å²) in [7, 11) is 1.57. The second-order valence-corrected chi connectivity index (χ2v) is 17.9. The Hall–Kier alpha value is -6.20. The molecule has 1 N–H and O–H groups in total. The fraction of sp³-hybridized carbons (Fsp3) is 0.373. The first-order valence-electron chi connectivity index (χ1n) is 21.9. The summed E-state index contributed by atoms with van der Waals surface area (Å²) in [6.45, 7) is 11.0. The summed E-state index contributed by atoms with van der Waals surface area (Å²) in [4.78, 5) is 49.1. The van der Waals surface area contributed by atoms with Gasteiger partial charge in [0, 0.05) is 63.4 Å². The molecule has 5 aromatic rings. The molecule has 3 amide bonds. The van der Waals surface area contributed by atoms with E-state index < -0.39 is 11.9 Å². The number of rotatable bonds is 11. The molecule has 1 aromatic heterocycles. The fourth-order valence-electron chi connectivity index (χ4n) is 9.70. The SMILES string of the molecule is COc1cc(N2CCN(Cc3cccc(COc4ccc([C@@H]5c6ccc(OC(C)(C)C)cc6CC[C@@H]5c5ccccc5)cc4)n3)CC2)cc2c1C(=O)N(C1CCC(=O)NC1=O)C2. The fourth-order valence-corrected chi connectivity index (χ4v) is 9.70. The highest BCUT2D eigenvalue weighted by Gasteiger charge is 2.41. The molecule has 4 aliphatic rings. The Balaban J connectivity index is 0.818. The molecule has 0 saturated carbocycles. The predicted molar refractivity (Wildman–Crippen MR) is 238 cm³/mol. The highest BCUT2D eigenvalue weighted by Crippen LogP contribution is 2.47. The summed E-state index contributed by atoms with van der Waals surface area (Å²) in [5.41, 5.74) is 9.32. The van der Waals surface area contributed by atoms with Gasteiger partial charge in [-0.3, -0.25) is 29.6 Å². The molecule has 11 heteroatoms. The number of imide groups is 1. The van der Waals surface area contributed by atoms with E-state index in [9.17, 15) is 14.4 Å². The van der Waals surface area contributed by atoms with Gasteiger partial charge in [-0.1, -0.05) is 54.6 Å². The van der Waals surface area contributed by atoms with Crippen molar-refractivity contribution in [2.45, 2.75) is 89.6 Å². The lowest BCUT2D eigenvalue weighted by Gasteiger charge is -2.36. The number of benzene rings is 4. The lowest BCUT2D eigenvalue weighted by Crippen LogP contribution is -2.52. The van der Waals surface area contributed by atoms with Gasteiger partial charge in [-0.05, 0) is 116 Å². The minimum atomic E-state index is -0.668. The van der Waals surface area contributed by atoms with Crippen LogP contribution in [0.2, 0.25) is 0 Å². The third-order valence-corrected chi connectivity index (χ3v) is 12.6. The van der Waals surface area contributed by atoms with E-state index in [1.807, 2.05) is 18.2 Å². The number of piperazine rings is 1. The van der Waals surface area contributed by atoms with Gasteiger partial charge in [0.25, 0.3) is 5.91 Å². The van der Waals surface area contributed by atoms with Crippen LogP contribution in [0.1, 0.15) is 101 Å². The molecule has 62 heavy (non-hydrogen) atoms. The molecular weight excluding hydrogens is 779 g/mol. The molecule has 4 heterocycles. The number of nitrogens with zero attached hydrogens (tertiary/aromatic N) is 4. The van der Waals surface area contributed by atoms with E-state index in [1.165, 1.54) is 22.3 Å². The molecule has 3 atom stereocenters. The molecule has 0 bridgehead atoms. The molecule has 9 rings (SSSR count). The van der Waals surface area contributed by atoms with Crippen LogP contribution in [0, 0.1) is 0 Å². The minimum absolute atomic E-state index is 0.217. The maximum Gasteiger partial charge on any atom is 0.258 e. The number of anilines is 1. The second-order valence-electron chi connectivity index (χ2n) is 17.9. The van der Waals surface area contributed by atoms with E-state index in [2.05, 4.69) is 121 Å². The predicted octanol–water partition coefficient (Wildman–Crippen LogP) is 7.79. The molecule has 3 aliphatic heterocycles. The van der Waals surface area contributed by atoms with Crippen molar-refractivity contribution in [3.8, 4) is 17.2 Å². The summed E-state index contributed by atoms with van der Waals surface area (Å²) in [5.74, 6) is 1.88. The Labute approximate surface area is 364 Å². The monoisotopic (exact) mass is 833 g/mol. The third kappa shape index (κ3) is 8.77. The molecule has 2 saturated heterocycles. The Bertz CT molecular complexity index is 2460. The van der Waals surface area contributed by atoms with Crippen molar-refractivity contribution in [2.24, 2.45) is 0 Å². The standard InChI is InChI=1S/C51H55N5O6/c1-51(2,3)62-41-18-20-43-35(28-41)15-19-42(33-9-6-5-7-10-33)47(43)34-13-16-40(17-14-34)61-32-38-12-8-11-37(52-38)31-54-23-25-55(26-24-54)39-27-36-30-56(44-21-22-46(57)53-49(44)58)50(59)48(36)45(29-39)60-4/h5-14,16-18,20,27-29,42,44,47H,15,19,21-26,30-32H2,1-4H3,(H,53,57,58)/t42-,44?,47+/m1/s1. The summed E-state index contributed by atoms with van der Waals surface area (Å²) in [5, 5.41) is 2.38. The summed E-state index contributed by atoms with van der Waals surface area (Å²) >= 11 is 0. The molecule has 1 unspecified atom stereocenters. The van der Waals surface area contributed by atoms with Gasteiger partial charge in [0.15, 0.2) is 0 Å². The van der Waals surface area contributed by atoms with Crippen LogP contribution in [0.15, 0.2) is 103 Å². The number of hydrogen-bond acceptors (Lipinski definition) is 9. The van der Waals surface area contributed by atoms with Crippen LogP contribution in [0.25, 0.3) is 0 Å². The lowest BCUT2D eigenvalue weighted by atomic mass is 9.69. The van der Waals surface area contributed by atoms with Crippen LogP contribution in [0.5, 0.6) is 17.2 Å². The zero-order valence-electron chi connectivity index (χ0n) is 36.1. The largest absolute Gasteiger partial charge is 0.496 e. The first-order chi connectivity index (χ1) is 30.0. The number of fused-ring (bicyclic) bond motifs is 2. The Morgan fingerprint density at radius 3 is 2.26 bits per heavy atom. The van der Waals surface area contributed by atoms with Crippen molar-refractivity contribution >= 4 is 23.4 Å². The third-order valence-electron chi connectivity index (χ3n) is 12.6. The molecule has 1 aliphatic carbocycles. The highest BCUT2D eigenvalue weighted by atomic mass is 16.5. The smallest absolute Gasteiger partial charge is 0.258 e. The van der Waals surface area contributed by atoms with Crippen LogP contribution < -0.4 is 24.4 Å². The van der Waals surface area contributed by atoms with Gasteiger partial charge in [-0.25, -0.2) is 0 Å².